The molecule has 1 atom stereocenters. The Bertz CT molecular complexity index is 671. The van der Waals surface area contributed by atoms with Crippen molar-refractivity contribution in [3.63, 3.8) is 0 Å². The first kappa shape index (κ1) is 21.3. The normalized spacial score (nSPS) is 12.2. The van der Waals surface area contributed by atoms with E-state index in [4.69, 9.17) is 4.74 Å². The number of nitrogens with one attached hydrogen (secondary N) is 2. The molecule has 0 aliphatic heterocycles. The highest BCUT2D eigenvalue weighted by Crippen LogP contribution is 2.17. The molecule has 0 amide bonds. The molecule has 0 spiro atoms. The van der Waals surface area contributed by atoms with Crippen molar-refractivity contribution in [1.29, 1.82) is 0 Å². The zero-order valence-corrected chi connectivity index (χ0v) is 17.7. The van der Waals surface area contributed by atoms with Crippen LogP contribution in [0, 0.1) is 6.92 Å². The van der Waals surface area contributed by atoms with Gasteiger partial charge >= 0.3 is 0 Å². The van der Waals surface area contributed by atoms with E-state index in [0.717, 1.165) is 30.2 Å². The van der Waals surface area contributed by atoms with E-state index < -0.39 is 0 Å². The van der Waals surface area contributed by atoms with Gasteiger partial charge in [0.05, 0.1) is 12.7 Å². The van der Waals surface area contributed by atoms with Crippen LogP contribution in [0.5, 0.6) is 5.75 Å². The first-order valence-corrected chi connectivity index (χ1v) is 8.23. The molecule has 1 unspecified atom stereocenters. The van der Waals surface area contributed by atoms with E-state index in [0.29, 0.717) is 6.54 Å². The first-order chi connectivity index (χ1) is 11.6. The van der Waals surface area contributed by atoms with Crippen molar-refractivity contribution in [2.45, 2.75) is 26.4 Å². The first-order valence-electron chi connectivity index (χ1n) is 8.23. The van der Waals surface area contributed by atoms with Gasteiger partial charge in [-0.15, -0.1) is 24.0 Å². The van der Waals surface area contributed by atoms with E-state index in [1.165, 1.54) is 5.56 Å². The number of aromatic nitrogens is 2. The minimum Gasteiger partial charge on any atom is -0.489 e. The molecule has 2 N–H and O–H groups in total. The minimum absolute atomic E-state index is 0. The van der Waals surface area contributed by atoms with E-state index >= 15 is 0 Å². The fraction of sp³-hybridized carbons (Fsp3) is 0.444. The Kier molecular flexibility index (Phi) is 9.33. The second-order valence-electron chi connectivity index (χ2n) is 5.85. The van der Waals surface area contributed by atoms with Crippen LogP contribution in [0.15, 0.2) is 41.7 Å². The molecule has 0 aliphatic carbocycles. The lowest BCUT2D eigenvalue weighted by molar-refractivity contribution is 0.222. The van der Waals surface area contributed by atoms with Gasteiger partial charge in [0.1, 0.15) is 11.9 Å². The van der Waals surface area contributed by atoms with Gasteiger partial charge in [0.2, 0.25) is 0 Å². The molecule has 0 saturated heterocycles. The molecule has 0 aliphatic rings. The van der Waals surface area contributed by atoms with Gasteiger partial charge in [-0.25, -0.2) is 0 Å². The molecule has 0 bridgehead atoms. The standard InChI is InChI=1S/C18H27N5O.HI/c1-14-7-5-6-8-17(14)24-15(2)11-21-18(19-3)20-10-9-16-12-22-23(4)13-16;/h5-8,12-13,15H,9-11H2,1-4H3,(H2,19,20,21);1H. The van der Waals surface area contributed by atoms with E-state index in [9.17, 15) is 0 Å². The zero-order valence-electron chi connectivity index (χ0n) is 15.3. The van der Waals surface area contributed by atoms with Gasteiger partial charge in [0.15, 0.2) is 5.96 Å². The third-order valence-corrected chi connectivity index (χ3v) is 3.67. The highest BCUT2D eigenvalue weighted by Gasteiger charge is 2.07. The summed E-state index contributed by atoms with van der Waals surface area (Å²) in [5.74, 6) is 1.70. The molecule has 138 valence electrons. The molecular weight excluding hydrogens is 429 g/mol. The van der Waals surface area contributed by atoms with Crippen LogP contribution in [0.1, 0.15) is 18.1 Å². The largest absolute Gasteiger partial charge is 0.489 e. The number of aryl methyl sites for hydroxylation is 2. The van der Waals surface area contributed by atoms with Crippen LogP contribution in [0.3, 0.4) is 0 Å². The monoisotopic (exact) mass is 457 g/mol. The van der Waals surface area contributed by atoms with Crippen molar-refractivity contribution >= 4 is 29.9 Å². The number of hydrogen-bond acceptors (Lipinski definition) is 3. The molecule has 1 aromatic carbocycles. The maximum absolute atomic E-state index is 5.96. The number of aliphatic imine (C=N–C) groups is 1. The lowest BCUT2D eigenvalue weighted by atomic mass is 10.2. The molecule has 2 rings (SSSR count). The summed E-state index contributed by atoms with van der Waals surface area (Å²) in [5.41, 5.74) is 2.35. The predicted molar refractivity (Wildman–Crippen MR) is 113 cm³/mol. The molecule has 25 heavy (non-hydrogen) atoms. The molecular formula is C18H28IN5O. The van der Waals surface area contributed by atoms with Crippen LogP contribution in [0.2, 0.25) is 0 Å². The second-order valence-corrected chi connectivity index (χ2v) is 5.85. The topological polar surface area (TPSA) is 63.5 Å². The maximum Gasteiger partial charge on any atom is 0.191 e. The van der Waals surface area contributed by atoms with Crippen LogP contribution < -0.4 is 15.4 Å². The number of ether oxygens (including phenoxy) is 1. The smallest absolute Gasteiger partial charge is 0.191 e. The number of hydrogen-bond donors (Lipinski definition) is 2. The average Bonchev–Trinajstić information content (AvgIpc) is 2.98. The van der Waals surface area contributed by atoms with Crippen molar-refractivity contribution in [3.8, 4) is 5.75 Å². The summed E-state index contributed by atoms with van der Waals surface area (Å²) in [4.78, 5) is 4.24. The van der Waals surface area contributed by atoms with Crippen molar-refractivity contribution in [1.82, 2.24) is 20.4 Å². The van der Waals surface area contributed by atoms with Gasteiger partial charge in [-0.1, -0.05) is 18.2 Å². The number of nitrogens with zero attached hydrogens (tertiary/aromatic N) is 3. The average molecular weight is 457 g/mol. The zero-order chi connectivity index (χ0) is 17.4. The van der Waals surface area contributed by atoms with Crippen LogP contribution in [-0.2, 0) is 13.5 Å². The van der Waals surface area contributed by atoms with Crippen LogP contribution >= 0.6 is 24.0 Å². The summed E-state index contributed by atoms with van der Waals surface area (Å²) in [7, 11) is 3.69. The van der Waals surface area contributed by atoms with E-state index in [1.54, 1.807) is 7.05 Å². The maximum atomic E-state index is 5.96. The Balaban J connectivity index is 0.00000312. The Labute approximate surface area is 167 Å². The summed E-state index contributed by atoms with van der Waals surface area (Å²) in [5, 5.41) is 10.8. The third kappa shape index (κ3) is 7.33. The van der Waals surface area contributed by atoms with Crippen LogP contribution in [-0.4, -0.2) is 42.0 Å². The third-order valence-electron chi connectivity index (χ3n) is 3.67. The van der Waals surface area contributed by atoms with E-state index in [-0.39, 0.29) is 30.1 Å². The van der Waals surface area contributed by atoms with Crippen molar-refractivity contribution < 1.29 is 4.74 Å². The lowest BCUT2D eigenvalue weighted by Gasteiger charge is -2.18. The molecule has 0 fully saturated rings. The second kappa shape index (κ2) is 11.0. The lowest BCUT2D eigenvalue weighted by Crippen LogP contribution is -2.42. The van der Waals surface area contributed by atoms with Gasteiger partial charge in [0, 0.05) is 26.8 Å². The number of para-hydroxylation sites is 1. The molecule has 1 aromatic heterocycles. The summed E-state index contributed by atoms with van der Waals surface area (Å²) < 4.78 is 7.77. The Morgan fingerprint density at radius 2 is 2.08 bits per heavy atom. The van der Waals surface area contributed by atoms with Crippen molar-refractivity contribution in [2.75, 3.05) is 20.1 Å². The summed E-state index contributed by atoms with van der Waals surface area (Å²) in [6.07, 6.45) is 4.86. The molecule has 7 heteroatoms. The summed E-state index contributed by atoms with van der Waals surface area (Å²) >= 11 is 0. The van der Waals surface area contributed by atoms with Gasteiger partial charge in [-0.2, -0.15) is 5.10 Å². The van der Waals surface area contributed by atoms with E-state index in [2.05, 4.69) is 33.7 Å². The van der Waals surface area contributed by atoms with Crippen molar-refractivity contribution in [2.24, 2.45) is 12.0 Å². The van der Waals surface area contributed by atoms with Crippen molar-refractivity contribution in [3.05, 3.63) is 47.8 Å². The number of guanidine groups is 1. The predicted octanol–water partition coefficient (Wildman–Crippen LogP) is 2.52. The van der Waals surface area contributed by atoms with Crippen LogP contribution in [0.25, 0.3) is 0 Å². The van der Waals surface area contributed by atoms with E-state index in [1.807, 2.05) is 49.2 Å². The van der Waals surface area contributed by atoms with Gasteiger partial charge in [0.25, 0.3) is 0 Å². The fourth-order valence-corrected chi connectivity index (χ4v) is 2.33. The molecule has 1 heterocycles. The highest BCUT2D eigenvalue weighted by molar-refractivity contribution is 14.0. The Morgan fingerprint density at radius 1 is 1.32 bits per heavy atom. The fourth-order valence-electron chi connectivity index (χ4n) is 2.33. The molecule has 6 nitrogen and oxygen atoms in total. The number of rotatable bonds is 7. The molecule has 0 saturated carbocycles. The summed E-state index contributed by atoms with van der Waals surface area (Å²) in [6.45, 7) is 5.58. The highest BCUT2D eigenvalue weighted by atomic mass is 127. The Morgan fingerprint density at radius 3 is 2.72 bits per heavy atom. The van der Waals surface area contributed by atoms with Crippen LogP contribution in [0.4, 0.5) is 0 Å². The number of benzene rings is 1. The molecule has 2 aromatic rings. The quantitative estimate of drug-likeness (QED) is 0.381. The molecule has 0 radical (unpaired) electrons. The SMILES string of the molecule is CN=C(NCCc1cnn(C)c1)NCC(C)Oc1ccccc1C.I. The van der Waals surface area contributed by atoms with Gasteiger partial charge < -0.3 is 15.4 Å². The summed E-state index contributed by atoms with van der Waals surface area (Å²) in [6, 6.07) is 8.04. The van der Waals surface area contributed by atoms with Gasteiger partial charge in [-0.05, 0) is 37.5 Å². The number of halogens is 1. The Hall–Kier alpha value is -1.77. The minimum atomic E-state index is 0. The van der Waals surface area contributed by atoms with Gasteiger partial charge in [-0.3, -0.25) is 9.67 Å².